The van der Waals surface area contributed by atoms with Crippen molar-refractivity contribution in [3.8, 4) is 11.5 Å². The van der Waals surface area contributed by atoms with Crippen LogP contribution in [0.5, 0.6) is 11.5 Å². The first-order valence-electron chi connectivity index (χ1n) is 10.7. The number of thioether (sulfide) groups is 1. The van der Waals surface area contributed by atoms with E-state index >= 15 is 0 Å². The highest BCUT2D eigenvalue weighted by atomic mass is 35.5. The van der Waals surface area contributed by atoms with Crippen LogP contribution < -0.4 is 9.47 Å². The van der Waals surface area contributed by atoms with Gasteiger partial charge in [-0.15, -0.1) is 0 Å². The van der Waals surface area contributed by atoms with Crippen molar-refractivity contribution in [3.05, 3.63) is 63.3 Å². The first-order valence-corrected chi connectivity index (χ1v) is 11.9. The summed E-state index contributed by atoms with van der Waals surface area (Å²) < 4.78 is 29.5. The zero-order chi connectivity index (χ0) is 24.9. The second-order valence-corrected chi connectivity index (χ2v) is 9.11. The number of carbonyl (C=O) groups is 3. The Labute approximate surface area is 210 Å². The average Bonchev–Trinajstić information content (AvgIpc) is 3.11. The van der Waals surface area contributed by atoms with E-state index < -0.39 is 11.1 Å². The molecular formula is C24H22ClFN2O6S. The minimum atomic E-state index is -0.548. The van der Waals surface area contributed by atoms with E-state index in [4.69, 9.17) is 25.8 Å². The maximum Gasteiger partial charge on any atom is 0.294 e. The molecule has 2 aliphatic heterocycles. The van der Waals surface area contributed by atoms with Gasteiger partial charge in [0.25, 0.3) is 11.1 Å². The van der Waals surface area contributed by atoms with Gasteiger partial charge in [-0.25, -0.2) is 4.39 Å². The fourth-order valence-corrected chi connectivity index (χ4v) is 4.65. The number of methoxy groups -OCH3 is 1. The van der Waals surface area contributed by atoms with Crippen LogP contribution in [0.15, 0.2) is 41.3 Å². The summed E-state index contributed by atoms with van der Waals surface area (Å²) in [4.78, 5) is 40.4. The zero-order valence-corrected chi connectivity index (χ0v) is 20.4. The summed E-state index contributed by atoms with van der Waals surface area (Å²) in [6.07, 6.45) is 1.52. The third kappa shape index (κ3) is 5.95. The van der Waals surface area contributed by atoms with Gasteiger partial charge in [-0.3, -0.25) is 19.3 Å². The molecule has 2 aromatic carbocycles. The normalized spacial score (nSPS) is 17.3. The molecule has 2 saturated heterocycles. The number of rotatable bonds is 7. The molecule has 2 heterocycles. The maximum absolute atomic E-state index is 13.1. The summed E-state index contributed by atoms with van der Waals surface area (Å²) in [5.74, 6) is -0.575. The number of halogens is 2. The van der Waals surface area contributed by atoms with E-state index in [0.29, 0.717) is 43.4 Å². The van der Waals surface area contributed by atoms with Crippen molar-refractivity contribution >= 4 is 46.5 Å². The SMILES string of the molecule is COc1cc(/C=C2/SC(=O)N(CC(=O)N3CCOCC3)C2=O)cc(Cl)c1OCc1ccc(F)cc1. The molecule has 0 N–H and O–H groups in total. The lowest BCUT2D eigenvalue weighted by Crippen LogP contribution is -2.46. The van der Waals surface area contributed by atoms with Crippen LogP contribution in [0, 0.1) is 5.82 Å². The van der Waals surface area contributed by atoms with E-state index in [1.165, 1.54) is 25.3 Å². The van der Waals surface area contributed by atoms with Gasteiger partial charge >= 0.3 is 0 Å². The number of amides is 3. The summed E-state index contributed by atoms with van der Waals surface area (Å²) in [6.45, 7) is 1.55. The van der Waals surface area contributed by atoms with Gasteiger partial charge in [0, 0.05) is 13.1 Å². The molecule has 4 rings (SSSR count). The van der Waals surface area contributed by atoms with Crippen molar-refractivity contribution in [3.63, 3.8) is 0 Å². The molecule has 2 aliphatic rings. The Balaban J connectivity index is 1.47. The van der Waals surface area contributed by atoms with Crippen molar-refractivity contribution in [2.45, 2.75) is 6.61 Å². The second-order valence-electron chi connectivity index (χ2n) is 7.71. The van der Waals surface area contributed by atoms with Gasteiger partial charge in [0.05, 0.1) is 30.3 Å². The molecule has 0 radical (unpaired) electrons. The minimum Gasteiger partial charge on any atom is -0.493 e. The monoisotopic (exact) mass is 520 g/mol. The van der Waals surface area contributed by atoms with Crippen LogP contribution in [-0.4, -0.2) is 66.8 Å². The predicted octanol–water partition coefficient (Wildman–Crippen LogP) is 3.96. The number of carbonyl (C=O) groups excluding carboxylic acids is 3. The van der Waals surface area contributed by atoms with E-state index in [9.17, 15) is 18.8 Å². The number of nitrogens with zero attached hydrogens (tertiary/aromatic N) is 2. The quantitative estimate of drug-likeness (QED) is 0.511. The Hall–Kier alpha value is -3.08. The first kappa shape index (κ1) is 25.0. The van der Waals surface area contributed by atoms with Crippen LogP contribution >= 0.6 is 23.4 Å². The molecule has 184 valence electrons. The Morgan fingerprint density at radius 2 is 1.91 bits per heavy atom. The van der Waals surface area contributed by atoms with Gasteiger partial charge in [0.1, 0.15) is 19.0 Å². The molecule has 0 saturated carbocycles. The van der Waals surface area contributed by atoms with E-state index in [0.717, 1.165) is 22.2 Å². The second kappa shape index (κ2) is 11.1. The summed E-state index contributed by atoms with van der Waals surface area (Å²) in [5.41, 5.74) is 1.26. The molecule has 2 fully saturated rings. The Morgan fingerprint density at radius 3 is 2.60 bits per heavy atom. The number of hydrogen-bond acceptors (Lipinski definition) is 7. The van der Waals surface area contributed by atoms with Crippen LogP contribution in [0.2, 0.25) is 5.02 Å². The summed E-state index contributed by atoms with van der Waals surface area (Å²) >= 11 is 7.17. The number of benzene rings is 2. The van der Waals surface area contributed by atoms with Crippen LogP contribution in [0.4, 0.5) is 9.18 Å². The molecule has 3 amide bonds. The van der Waals surface area contributed by atoms with Crippen molar-refractivity contribution < 1.29 is 33.0 Å². The largest absolute Gasteiger partial charge is 0.493 e. The van der Waals surface area contributed by atoms with E-state index in [-0.39, 0.29) is 34.8 Å². The molecule has 0 spiro atoms. The third-order valence-corrected chi connectivity index (χ3v) is 6.56. The molecule has 8 nitrogen and oxygen atoms in total. The Morgan fingerprint density at radius 1 is 1.20 bits per heavy atom. The lowest BCUT2D eigenvalue weighted by atomic mass is 10.1. The van der Waals surface area contributed by atoms with E-state index in [1.54, 1.807) is 29.2 Å². The van der Waals surface area contributed by atoms with Crippen molar-refractivity contribution in [2.24, 2.45) is 0 Å². The van der Waals surface area contributed by atoms with Crippen molar-refractivity contribution in [1.82, 2.24) is 9.80 Å². The Kier molecular flexibility index (Phi) is 7.94. The van der Waals surface area contributed by atoms with Gasteiger partial charge in [0.2, 0.25) is 5.91 Å². The third-order valence-electron chi connectivity index (χ3n) is 5.38. The highest BCUT2D eigenvalue weighted by molar-refractivity contribution is 8.18. The topological polar surface area (TPSA) is 85.4 Å². The molecule has 11 heteroatoms. The fraction of sp³-hybridized carbons (Fsp3) is 0.292. The Bertz CT molecular complexity index is 1170. The van der Waals surface area contributed by atoms with Crippen LogP contribution in [0.1, 0.15) is 11.1 Å². The smallest absolute Gasteiger partial charge is 0.294 e. The van der Waals surface area contributed by atoms with Crippen molar-refractivity contribution in [1.29, 1.82) is 0 Å². The predicted molar refractivity (Wildman–Crippen MR) is 129 cm³/mol. The van der Waals surface area contributed by atoms with Gasteiger partial charge in [-0.2, -0.15) is 0 Å². The summed E-state index contributed by atoms with van der Waals surface area (Å²) in [7, 11) is 1.45. The highest BCUT2D eigenvalue weighted by Crippen LogP contribution is 2.39. The zero-order valence-electron chi connectivity index (χ0n) is 18.8. The van der Waals surface area contributed by atoms with E-state index in [2.05, 4.69) is 0 Å². The molecule has 2 aromatic rings. The summed E-state index contributed by atoms with van der Waals surface area (Å²) in [5, 5.41) is -0.278. The first-order chi connectivity index (χ1) is 16.9. The highest BCUT2D eigenvalue weighted by Gasteiger charge is 2.37. The summed E-state index contributed by atoms with van der Waals surface area (Å²) in [6, 6.07) is 9.08. The van der Waals surface area contributed by atoms with Gasteiger partial charge in [-0.1, -0.05) is 23.7 Å². The molecule has 0 atom stereocenters. The minimum absolute atomic E-state index is 0.145. The average molecular weight is 521 g/mol. The molecule has 0 bridgehead atoms. The number of ether oxygens (including phenoxy) is 3. The number of imide groups is 1. The lowest BCUT2D eigenvalue weighted by Gasteiger charge is -2.28. The van der Waals surface area contributed by atoms with Gasteiger partial charge in [-0.05, 0) is 53.2 Å². The number of hydrogen-bond donors (Lipinski definition) is 0. The van der Waals surface area contributed by atoms with Crippen LogP contribution in [0.3, 0.4) is 0 Å². The molecule has 35 heavy (non-hydrogen) atoms. The maximum atomic E-state index is 13.1. The van der Waals surface area contributed by atoms with Crippen LogP contribution in [0.25, 0.3) is 6.08 Å². The fourth-order valence-electron chi connectivity index (χ4n) is 3.54. The molecule has 0 aliphatic carbocycles. The molecular weight excluding hydrogens is 499 g/mol. The molecule has 0 unspecified atom stereocenters. The standard InChI is InChI=1S/C24H22ClFN2O6S/c1-32-19-11-16(10-18(25)22(19)34-14-15-2-4-17(26)5-3-15)12-20-23(30)28(24(31)35-20)13-21(29)27-6-8-33-9-7-27/h2-5,10-12H,6-9,13-14H2,1H3/b20-12+. The van der Waals surface area contributed by atoms with E-state index in [1.807, 2.05) is 0 Å². The van der Waals surface area contributed by atoms with Crippen LogP contribution in [-0.2, 0) is 20.9 Å². The van der Waals surface area contributed by atoms with Gasteiger partial charge in [0.15, 0.2) is 11.5 Å². The van der Waals surface area contributed by atoms with Crippen molar-refractivity contribution in [2.75, 3.05) is 40.0 Å². The molecule has 0 aromatic heterocycles. The lowest BCUT2D eigenvalue weighted by molar-refractivity contribution is -0.139. The number of morpholine rings is 1. The van der Waals surface area contributed by atoms with Gasteiger partial charge < -0.3 is 19.1 Å².